The molecule has 1 atom stereocenters. The highest BCUT2D eigenvalue weighted by Gasteiger charge is 2.35. The van der Waals surface area contributed by atoms with Crippen molar-refractivity contribution in [3.63, 3.8) is 0 Å². The average Bonchev–Trinajstić information content (AvgIpc) is 2.53. The van der Waals surface area contributed by atoms with Crippen molar-refractivity contribution in [1.82, 2.24) is 15.1 Å². The smallest absolute Gasteiger partial charge is 0.332 e. The molecule has 0 aliphatic carbocycles. The van der Waals surface area contributed by atoms with Crippen molar-refractivity contribution in [3.8, 4) is 0 Å². The van der Waals surface area contributed by atoms with Crippen LogP contribution in [-0.4, -0.2) is 61.2 Å². The van der Waals surface area contributed by atoms with Crippen molar-refractivity contribution in [1.29, 1.82) is 0 Å². The SMILES string of the molecule is CC(C)CN(CC(F)(F)F)C(=O)CN1CCNCC1c1cccc(F)c1.Cl. The van der Waals surface area contributed by atoms with Crippen LogP contribution < -0.4 is 5.32 Å². The quantitative estimate of drug-likeness (QED) is 0.730. The first kappa shape index (κ1) is 23.7. The number of halogens is 5. The molecule has 154 valence electrons. The molecule has 1 unspecified atom stereocenters. The molecule has 0 radical (unpaired) electrons. The van der Waals surface area contributed by atoms with Crippen molar-refractivity contribution in [2.75, 3.05) is 39.3 Å². The fourth-order valence-corrected chi connectivity index (χ4v) is 3.16. The van der Waals surface area contributed by atoms with Gasteiger partial charge in [-0.3, -0.25) is 9.69 Å². The predicted molar refractivity (Wildman–Crippen MR) is 98.3 cm³/mol. The summed E-state index contributed by atoms with van der Waals surface area (Å²) in [6.45, 7) is 3.88. The normalized spacial score (nSPS) is 18.3. The minimum absolute atomic E-state index is 0. The molecule has 1 aliphatic rings. The molecular weight excluding hydrogens is 386 g/mol. The van der Waals surface area contributed by atoms with Crippen LogP contribution in [0.25, 0.3) is 0 Å². The molecule has 1 aliphatic heterocycles. The zero-order valence-corrected chi connectivity index (χ0v) is 16.2. The van der Waals surface area contributed by atoms with Crippen LogP contribution in [0.15, 0.2) is 24.3 Å². The molecule has 9 heteroatoms. The van der Waals surface area contributed by atoms with Gasteiger partial charge in [-0.15, -0.1) is 12.4 Å². The van der Waals surface area contributed by atoms with Gasteiger partial charge in [-0.2, -0.15) is 13.2 Å². The largest absolute Gasteiger partial charge is 0.406 e. The fourth-order valence-electron chi connectivity index (χ4n) is 3.16. The van der Waals surface area contributed by atoms with E-state index in [1.54, 1.807) is 26.0 Å². The van der Waals surface area contributed by atoms with E-state index in [0.717, 1.165) is 4.90 Å². The lowest BCUT2D eigenvalue weighted by atomic mass is 10.0. The molecule has 27 heavy (non-hydrogen) atoms. The van der Waals surface area contributed by atoms with E-state index in [2.05, 4.69) is 5.32 Å². The second-order valence-electron chi connectivity index (χ2n) is 7.03. The summed E-state index contributed by atoms with van der Waals surface area (Å²) in [5.41, 5.74) is 0.705. The minimum atomic E-state index is -4.43. The third-order valence-corrected chi connectivity index (χ3v) is 4.23. The third kappa shape index (κ3) is 7.63. The lowest BCUT2D eigenvalue weighted by Gasteiger charge is -2.37. The Morgan fingerprint density at radius 3 is 2.67 bits per heavy atom. The van der Waals surface area contributed by atoms with Gasteiger partial charge in [0.1, 0.15) is 12.4 Å². The van der Waals surface area contributed by atoms with Crippen LogP contribution in [0.5, 0.6) is 0 Å². The molecule has 1 aromatic rings. The van der Waals surface area contributed by atoms with E-state index in [4.69, 9.17) is 0 Å². The Labute approximate surface area is 163 Å². The van der Waals surface area contributed by atoms with Gasteiger partial charge < -0.3 is 10.2 Å². The second-order valence-corrected chi connectivity index (χ2v) is 7.03. The minimum Gasteiger partial charge on any atom is -0.332 e. The number of carbonyl (C=O) groups is 1. The highest BCUT2D eigenvalue weighted by atomic mass is 35.5. The first-order chi connectivity index (χ1) is 12.2. The summed E-state index contributed by atoms with van der Waals surface area (Å²) >= 11 is 0. The molecule has 0 aromatic heterocycles. The second kappa shape index (κ2) is 10.2. The van der Waals surface area contributed by atoms with Gasteiger partial charge in [-0.25, -0.2) is 4.39 Å². The molecule has 0 bridgehead atoms. The summed E-state index contributed by atoms with van der Waals surface area (Å²) in [4.78, 5) is 15.2. The first-order valence-corrected chi connectivity index (χ1v) is 8.70. The Morgan fingerprint density at radius 1 is 1.37 bits per heavy atom. The van der Waals surface area contributed by atoms with E-state index in [1.165, 1.54) is 12.1 Å². The van der Waals surface area contributed by atoms with E-state index in [-0.39, 0.29) is 43.3 Å². The van der Waals surface area contributed by atoms with Gasteiger partial charge in [0.25, 0.3) is 0 Å². The highest BCUT2D eigenvalue weighted by molar-refractivity contribution is 5.85. The van der Waals surface area contributed by atoms with E-state index in [0.29, 0.717) is 25.2 Å². The number of nitrogens with one attached hydrogen (secondary N) is 1. The van der Waals surface area contributed by atoms with Gasteiger partial charge in [-0.1, -0.05) is 26.0 Å². The fraction of sp³-hybridized carbons (Fsp3) is 0.611. The third-order valence-electron chi connectivity index (χ3n) is 4.23. The molecule has 4 nitrogen and oxygen atoms in total. The molecule has 1 fully saturated rings. The molecule has 2 rings (SSSR count). The number of carbonyl (C=O) groups excluding carboxylic acids is 1. The maximum Gasteiger partial charge on any atom is 0.406 e. The molecular formula is C18H26ClF4N3O. The zero-order valence-electron chi connectivity index (χ0n) is 15.4. The van der Waals surface area contributed by atoms with Gasteiger partial charge in [0.2, 0.25) is 5.91 Å². The summed E-state index contributed by atoms with van der Waals surface area (Å²) < 4.78 is 52.0. The molecule has 1 saturated heterocycles. The van der Waals surface area contributed by atoms with E-state index in [9.17, 15) is 22.4 Å². The van der Waals surface area contributed by atoms with Gasteiger partial charge in [0, 0.05) is 32.2 Å². The van der Waals surface area contributed by atoms with Crippen LogP contribution in [0.1, 0.15) is 25.5 Å². The monoisotopic (exact) mass is 411 g/mol. The maximum atomic E-state index is 13.5. The van der Waals surface area contributed by atoms with Crippen molar-refractivity contribution >= 4 is 18.3 Å². The average molecular weight is 412 g/mol. The van der Waals surface area contributed by atoms with Crippen LogP contribution in [0.4, 0.5) is 17.6 Å². The number of rotatable bonds is 6. The Bertz CT molecular complexity index is 613. The van der Waals surface area contributed by atoms with Gasteiger partial charge in [-0.05, 0) is 23.6 Å². The Morgan fingerprint density at radius 2 is 2.07 bits per heavy atom. The van der Waals surface area contributed by atoms with Crippen LogP contribution >= 0.6 is 12.4 Å². The summed E-state index contributed by atoms with van der Waals surface area (Å²) in [5, 5.41) is 3.19. The predicted octanol–water partition coefficient (Wildman–Crippen LogP) is 3.24. The van der Waals surface area contributed by atoms with Gasteiger partial charge in [0.15, 0.2) is 0 Å². The lowest BCUT2D eigenvalue weighted by molar-refractivity contribution is -0.163. The van der Waals surface area contributed by atoms with Crippen molar-refractivity contribution in [2.24, 2.45) is 5.92 Å². The number of nitrogens with zero attached hydrogens (tertiary/aromatic N) is 2. The van der Waals surface area contributed by atoms with Crippen molar-refractivity contribution in [2.45, 2.75) is 26.1 Å². The van der Waals surface area contributed by atoms with Crippen molar-refractivity contribution < 1.29 is 22.4 Å². The van der Waals surface area contributed by atoms with E-state index in [1.807, 2.05) is 4.90 Å². The summed E-state index contributed by atoms with van der Waals surface area (Å²) in [6.07, 6.45) is -4.43. The standard InChI is InChI=1S/C18H25F4N3O.ClH/c1-13(2)10-25(12-18(20,21)22)17(26)11-24-7-6-23-9-16(24)14-4-3-5-15(19)8-14;/h3-5,8,13,16,23H,6-7,9-12H2,1-2H3;1H. The Kier molecular flexibility index (Phi) is 8.98. The molecule has 1 heterocycles. The number of piperazine rings is 1. The van der Waals surface area contributed by atoms with Crippen molar-refractivity contribution in [3.05, 3.63) is 35.6 Å². The molecule has 1 aromatic carbocycles. The number of hydrogen-bond donors (Lipinski definition) is 1. The van der Waals surface area contributed by atoms with Crippen LogP contribution in [0.3, 0.4) is 0 Å². The van der Waals surface area contributed by atoms with Crippen LogP contribution in [0, 0.1) is 11.7 Å². The summed E-state index contributed by atoms with van der Waals surface area (Å²) in [5.74, 6) is -1.000. The number of hydrogen-bond acceptors (Lipinski definition) is 3. The maximum absolute atomic E-state index is 13.5. The van der Waals surface area contributed by atoms with E-state index >= 15 is 0 Å². The first-order valence-electron chi connectivity index (χ1n) is 8.70. The number of alkyl halides is 3. The Balaban J connectivity index is 0.00000364. The van der Waals surface area contributed by atoms with E-state index < -0.39 is 18.6 Å². The summed E-state index contributed by atoms with van der Waals surface area (Å²) in [6, 6.07) is 5.84. The van der Waals surface area contributed by atoms with Crippen LogP contribution in [-0.2, 0) is 4.79 Å². The molecule has 0 saturated carbocycles. The highest BCUT2D eigenvalue weighted by Crippen LogP contribution is 2.24. The summed E-state index contributed by atoms with van der Waals surface area (Å²) in [7, 11) is 0. The zero-order chi connectivity index (χ0) is 19.3. The molecule has 1 amide bonds. The molecule has 1 N–H and O–H groups in total. The number of amides is 1. The number of benzene rings is 1. The molecule has 0 spiro atoms. The topological polar surface area (TPSA) is 35.6 Å². The van der Waals surface area contributed by atoms with Gasteiger partial charge >= 0.3 is 6.18 Å². The Hall–Kier alpha value is -1.38. The lowest BCUT2D eigenvalue weighted by Crippen LogP contribution is -2.51. The van der Waals surface area contributed by atoms with Crippen LogP contribution in [0.2, 0.25) is 0 Å². The van der Waals surface area contributed by atoms with Gasteiger partial charge in [0.05, 0.1) is 6.54 Å².